The van der Waals surface area contributed by atoms with Gasteiger partial charge in [-0.1, -0.05) is 6.08 Å². The van der Waals surface area contributed by atoms with Crippen LogP contribution in [0.15, 0.2) is 24.3 Å². The Morgan fingerprint density at radius 2 is 2.32 bits per heavy atom. The van der Waals surface area contributed by atoms with Gasteiger partial charge in [0, 0.05) is 5.56 Å². The number of ether oxygens (including phenoxy) is 1. The molecule has 1 aromatic rings. The summed E-state index contributed by atoms with van der Waals surface area (Å²) in [5.41, 5.74) is 1.40. The topological polar surface area (TPSA) is 46.5 Å². The van der Waals surface area contributed by atoms with Gasteiger partial charge in [-0.15, -0.1) is 0 Å². The van der Waals surface area contributed by atoms with Gasteiger partial charge in [-0.25, -0.2) is 4.39 Å². The highest BCUT2D eigenvalue weighted by molar-refractivity contribution is 5.76. The van der Waals surface area contributed by atoms with Gasteiger partial charge in [-0.3, -0.25) is 4.79 Å². The van der Waals surface area contributed by atoms with Crippen LogP contribution in [0.2, 0.25) is 0 Å². The second-order valence-corrected chi connectivity index (χ2v) is 4.61. The highest BCUT2D eigenvalue weighted by Crippen LogP contribution is 2.35. The molecular formula is C15H17FO3. The quantitative estimate of drug-likeness (QED) is 0.852. The highest BCUT2D eigenvalue weighted by Gasteiger charge is 2.23. The Hall–Kier alpha value is -1.84. The van der Waals surface area contributed by atoms with E-state index < -0.39 is 0 Å². The van der Waals surface area contributed by atoms with Gasteiger partial charge in [0.05, 0.1) is 12.5 Å². The molecule has 0 aromatic heterocycles. The Balaban J connectivity index is 2.12. The van der Waals surface area contributed by atoms with Crippen molar-refractivity contribution in [3.63, 3.8) is 0 Å². The summed E-state index contributed by atoms with van der Waals surface area (Å²) in [6.07, 6.45) is 3.77. The number of esters is 1. The maximum Gasteiger partial charge on any atom is 0.309 e. The first-order chi connectivity index (χ1) is 9.11. The van der Waals surface area contributed by atoms with Crippen LogP contribution in [0.25, 0.3) is 5.57 Å². The minimum atomic E-state index is -0.374. The number of benzene rings is 1. The third kappa shape index (κ3) is 3.13. The smallest absolute Gasteiger partial charge is 0.309 e. The maximum atomic E-state index is 13.2. The molecule has 1 aliphatic rings. The normalized spacial score (nSPS) is 18.8. The number of phenols is 1. The lowest BCUT2D eigenvalue weighted by Crippen LogP contribution is -2.19. The van der Waals surface area contributed by atoms with Crippen molar-refractivity contribution in [1.82, 2.24) is 0 Å². The Kier molecular flexibility index (Phi) is 4.20. The van der Waals surface area contributed by atoms with Crippen molar-refractivity contribution in [3.05, 3.63) is 35.7 Å². The zero-order valence-corrected chi connectivity index (χ0v) is 10.9. The molecule has 19 heavy (non-hydrogen) atoms. The molecule has 0 heterocycles. The van der Waals surface area contributed by atoms with Gasteiger partial charge >= 0.3 is 5.97 Å². The van der Waals surface area contributed by atoms with E-state index in [2.05, 4.69) is 0 Å². The molecule has 4 heteroatoms. The largest absolute Gasteiger partial charge is 0.507 e. The van der Waals surface area contributed by atoms with Crippen molar-refractivity contribution in [3.8, 4) is 5.75 Å². The average molecular weight is 264 g/mol. The van der Waals surface area contributed by atoms with E-state index in [1.807, 2.05) is 6.08 Å². The molecule has 1 atom stereocenters. The number of allylic oxidation sites excluding steroid dienone is 2. The van der Waals surface area contributed by atoms with Gasteiger partial charge in [0.25, 0.3) is 0 Å². The Labute approximate surface area is 111 Å². The van der Waals surface area contributed by atoms with Crippen LogP contribution in [0.5, 0.6) is 5.75 Å². The summed E-state index contributed by atoms with van der Waals surface area (Å²) in [4.78, 5) is 11.6. The molecule has 2 rings (SSSR count). The van der Waals surface area contributed by atoms with E-state index in [4.69, 9.17) is 4.74 Å². The first kappa shape index (κ1) is 13.6. The van der Waals surface area contributed by atoms with Crippen LogP contribution in [0.1, 0.15) is 31.7 Å². The number of carbonyl (C=O) groups excluding carboxylic acids is 1. The molecule has 102 valence electrons. The van der Waals surface area contributed by atoms with Gasteiger partial charge in [0.1, 0.15) is 11.6 Å². The van der Waals surface area contributed by atoms with Gasteiger partial charge in [0.2, 0.25) is 0 Å². The predicted octanol–water partition coefficient (Wildman–Crippen LogP) is 3.28. The minimum Gasteiger partial charge on any atom is -0.507 e. The lowest BCUT2D eigenvalue weighted by Gasteiger charge is -2.21. The predicted molar refractivity (Wildman–Crippen MR) is 70.0 cm³/mol. The lowest BCUT2D eigenvalue weighted by atomic mass is 9.86. The number of phenolic OH excluding ortho intramolecular Hbond substituents is 1. The molecule has 1 unspecified atom stereocenters. The van der Waals surface area contributed by atoms with E-state index in [1.165, 1.54) is 18.2 Å². The van der Waals surface area contributed by atoms with Crippen molar-refractivity contribution in [2.45, 2.75) is 26.2 Å². The van der Waals surface area contributed by atoms with Crippen molar-refractivity contribution >= 4 is 11.5 Å². The fourth-order valence-electron chi connectivity index (χ4n) is 2.32. The van der Waals surface area contributed by atoms with Gasteiger partial charge < -0.3 is 9.84 Å². The van der Waals surface area contributed by atoms with Crippen molar-refractivity contribution in [1.29, 1.82) is 0 Å². The van der Waals surface area contributed by atoms with Crippen molar-refractivity contribution in [2.75, 3.05) is 6.61 Å². The third-order valence-electron chi connectivity index (χ3n) is 3.34. The number of hydrogen-bond acceptors (Lipinski definition) is 3. The number of rotatable bonds is 3. The average Bonchev–Trinajstić information content (AvgIpc) is 2.42. The molecule has 0 fully saturated rings. The standard InChI is InChI=1S/C15H17FO3/c1-2-19-15(18)11-5-3-10(4-6-11)13-9-12(16)7-8-14(13)17/h3,7-9,11,17H,2,4-6H2,1H3. The summed E-state index contributed by atoms with van der Waals surface area (Å²) in [5, 5.41) is 9.75. The fraction of sp³-hybridized carbons (Fsp3) is 0.400. The molecule has 3 nitrogen and oxygen atoms in total. The van der Waals surface area contributed by atoms with Gasteiger partial charge in [0.15, 0.2) is 0 Å². The lowest BCUT2D eigenvalue weighted by molar-refractivity contribution is -0.148. The summed E-state index contributed by atoms with van der Waals surface area (Å²) in [7, 11) is 0. The zero-order chi connectivity index (χ0) is 13.8. The molecule has 0 saturated heterocycles. The van der Waals surface area contributed by atoms with Crippen LogP contribution >= 0.6 is 0 Å². The molecule has 0 radical (unpaired) electrons. The Morgan fingerprint density at radius 1 is 1.53 bits per heavy atom. The van der Waals surface area contributed by atoms with E-state index in [0.717, 1.165) is 5.57 Å². The highest BCUT2D eigenvalue weighted by atomic mass is 19.1. The van der Waals surface area contributed by atoms with E-state index in [-0.39, 0.29) is 23.5 Å². The maximum absolute atomic E-state index is 13.2. The van der Waals surface area contributed by atoms with Gasteiger partial charge in [-0.05, 0) is 50.0 Å². The molecule has 0 bridgehead atoms. The van der Waals surface area contributed by atoms with Crippen LogP contribution in [-0.4, -0.2) is 17.7 Å². The first-order valence-electron chi connectivity index (χ1n) is 6.46. The van der Waals surface area contributed by atoms with Crippen LogP contribution in [-0.2, 0) is 9.53 Å². The monoisotopic (exact) mass is 264 g/mol. The molecule has 0 spiro atoms. The minimum absolute atomic E-state index is 0.0715. The molecule has 0 amide bonds. The second kappa shape index (κ2) is 5.87. The van der Waals surface area contributed by atoms with Crippen LogP contribution < -0.4 is 0 Å². The summed E-state index contributed by atoms with van der Waals surface area (Å²) in [6, 6.07) is 3.90. The number of hydrogen-bond donors (Lipinski definition) is 1. The van der Waals surface area contributed by atoms with Crippen molar-refractivity contribution in [2.24, 2.45) is 5.92 Å². The van der Waals surface area contributed by atoms with E-state index in [9.17, 15) is 14.3 Å². The zero-order valence-electron chi connectivity index (χ0n) is 10.9. The molecule has 1 N–H and O–H groups in total. The SMILES string of the molecule is CCOC(=O)C1CC=C(c2cc(F)ccc2O)CC1. The Morgan fingerprint density at radius 3 is 2.95 bits per heavy atom. The van der Waals surface area contributed by atoms with E-state index in [1.54, 1.807) is 6.92 Å². The van der Waals surface area contributed by atoms with Crippen LogP contribution in [0.3, 0.4) is 0 Å². The fourth-order valence-corrected chi connectivity index (χ4v) is 2.32. The van der Waals surface area contributed by atoms with Crippen molar-refractivity contribution < 1.29 is 19.0 Å². The first-order valence-corrected chi connectivity index (χ1v) is 6.46. The third-order valence-corrected chi connectivity index (χ3v) is 3.34. The molecule has 1 aromatic carbocycles. The summed E-state index contributed by atoms with van der Waals surface area (Å²) >= 11 is 0. The molecular weight excluding hydrogens is 247 g/mol. The number of aromatic hydroxyl groups is 1. The van der Waals surface area contributed by atoms with Crippen LogP contribution in [0.4, 0.5) is 4.39 Å². The molecule has 1 aliphatic carbocycles. The number of carbonyl (C=O) groups is 1. The van der Waals surface area contributed by atoms with E-state index in [0.29, 0.717) is 31.4 Å². The molecule has 0 aliphatic heterocycles. The second-order valence-electron chi connectivity index (χ2n) is 4.61. The Bertz CT molecular complexity index is 508. The van der Waals surface area contributed by atoms with Crippen LogP contribution in [0, 0.1) is 11.7 Å². The van der Waals surface area contributed by atoms with Gasteiger partial charge in [-0.2, -0.15) is 0 Å². The summed E-state index contributed by atoms with van der Waals surface area (Å²) in [6.45, 7) is 2.17. The number of halogens is 1. The van der Waals surface area contributed by atoms with E-state index >= 15 is 0 Å². The summed E-state index contributed by atoms with van der Waals surface area (Å²) < 4.78 is 18.2. The molecule has 0 saturated carbocycles. The summed E-state index contributed by atoms with van der Waals surface area (Å²) in [5.74, 6) is -0.607.